The Balaban J connectivity index is 1.31. The van der Waals surface area contributed by atoms with Crippen LogP contribution in [0.4, 0.5) is 9.59 Å². The highest BCUT2D eigenvalue weighted by molar-refractivity contribution is 5.81. The molecular formula is C51H89N3O7. The molecule has 2 N–H and O–H groups in total. The Morgan fingerprint density at radius 1 is 0.770 bits per heavy atom. The van der Waals surface area contributed by atoms with Crippen LogP contribution in [-0.4, -0.2) is 71.4 Å². The number of rotatable bonds is 18. The fourth-order valence-corrected chi connectivity index (χ4v) is 12.2. The van der Waals surface area contributed by atoms with Crippen molar-refractivity contribution < 1.29 is 33.4 Å². The van der Waals surface area contributed by atoms with E-state index in [4.69, 9.17) is 14.2 Å². The van der Waals surface area contributed by atoms with Gasteiger partial charge >= 0.3 is 18.2 Å². The summed E-state index contributed by atoms with van der Waals surface area (Å²) < 4.78 is 17.0. The second-order valence-corrected chi connectivity index (χ2v) is 22.9. The first-order valence-corrected chi connectivity index (χ1v) is 24.5. The fourth-order valence-electron chi connectivity index (χ4n) is 12.2. The molecule has 3 fully saturated rings. The average Bonchev–Trinajstić information content (AvgIpc) is 3.49. The number of fused-ring (bicyclic) bond motifs is 5. The van der Waals surface area contributed by atoms with Crippen LogP contribution in [0.5, 0.6) is 0 Å². The molecular weight excluding hydrogens is 767 g/mol. The molecule has 4 aliphatic rings. The van der Waals surface area contributed by atoms with Gasteiger partial charge in [0.2, 0.25) is 5.91 Å². The maximum Gasteiger partial charge on any atom is 0.407 e. The number of allylic oxidation sites excluding steroid dienone is 1. The maximum atomic E-state index is 13.7. The molecule has 0 saturated heterocycles. The van der Waals surface area contributed by atoms with E-state index in [1.54, 1.807) is 4.90 Å². The lowest BCUT2D eigenvalue weighted by molar-refractivity contribution is -0.153. The number of alkyl carbamates (subject to hydrolysis) is 2. The van der Waals surface area contributed by atoms with E-state index in [1.165, 1.54) is 50.5 Å². The molecule has 4 aliphatic carbocycles. The molecule has 9 unspecified atom stereocenters. The zero-order chi connectivity index (χ0) is 45.5. The van der Waals surface area contributed by atoms with Crippen LogP contribution in [0.15, 0.2) is 11.6 Å². The van der Waals surface area contributed by atoms with Gasteiger partial charge in [0.25, 0.3) is 0 Å². The van der Waals surface area contributed by atoms with Gasteiger partial charge in [0, 0.05) is 38.0 Å². The summed E-state index contributed by atoms with van der Waals surface area (Å²) in [6, 6.07) is -0.493. The van der Waals surface area contributed by atoms with Crippen molar-refractivity contribution in [3.05, 3.63) is 11.6 Å². The Bertz CT molecular complexity index is 1470. The Labute approximate surface area is 371 Å². The van der Waals surface area contributed by atoms with E-state index in [-0.39, 0.29) is 48.3 Å². The SMILES string of the molecule is CC[C@H](CC[C@@H](C)C1CCC2C3CC=C4CC(OC(=O)CCC(=O)N(CCC(C)NC(=O)OC(C)(C)C)CCC(C)NC(=O)OC(C)(C)C)CCC4(C)C3CCC21C)C(C)C. The van der Waals surface area contributed by atoms with Crippen LogP contribution in [0.2, 0.25) is 0 Å². The van der Waals surface area contributed by atoms with E-state index >= 15 is 0 Å². The van der Waals surface area contributed by atoms with Crippen LogP contribution < -0.4 is 10.6 Å². The molecule has 350 valence electrons. The standard InChI is InChI=1S/C51H89N3O7/c1-15-37(33(2)3)17-16-34(4)41-20-21-42-40-19-18-38-32-39(24-28-50(38,13)43(40)25-29-51(41,42)14)59-45(56)23-22-44(55)54(30-26-35(5)52-46(57)60-48(7,8)9)31-27-36(6)53-47(58)61-49(10,11)12/h18,33-37,39-43H,15-17,19-32H2,1-14H3,(H,52,57)(H,53,58)/t34-,35?,36?,37-,39?,40?,41?,42?,43?,50?,51?/m1/s1. The predicted molar refractivity (Wildman–Crippen MR) is 245 cm³/mol. The second kappa shape index (κ2) is 21.3. The van der Waals surface area contributed by atoms with Gasteiger partial charge in [0.05, 0.1) is 6.42 Å². The van der Waals surface area contributed by atoms with Gasteiger partial charge in [0.1, 0.15) is 17.3 Å². The number of nitrogens with zero attached hydrogens (tertiary/aromatic N) is 1. The average molecular weight is 856 g/mol. The molecule has 61 heavy (non-hydrogen) atoms. The van der Waals surface area contributed by atoms with E-state index in [0.29, 0.717) is 37.3 Å². The molecule has 3 saturated carbocycles. The topological polar surface area (TPSA) is 123 Å². The highest BCUT2D eigenvalue weighted by atomic mass is 16.6. The highest BCUT2D eigenvalue weighted by Gasteiger charge is 2.59. The smallest absolute Gasteiger partial charge is 0.407 e. The van der Waals surface area contributed by atoms with Crippen LogP contribution in [0.3, 0.4) is 0 Å². The summed E-state index contributed by atoms with van der Waals surface area (Å²) in [5.41, 5.74) is 0.880. The molecule has 0 aromatic rings. The number of hydrogen-bond donors (Lipinski definition) is 2. The minimum absolute atomic E-state index is 0.0146. The molecule has 0 aliphatic heterocycles. The highest BCUT2D eigenvalue weighted by Crippen LogP contribution is 2.67. The largest absolute Gasteiger partial charge is 0.462 e. The van der Waals surface area contributed by atoms with Crippen molar-refractivity contribution >= 4 is 24.1 Å². The first-order valence-electron chi connectivity index (χ1n) is 24.5. The summed E-state index contributed by atoms with van der Waals surface area (Å²) in [6.45, 7) is 30.3. The van der Waals surface area contributed by atoms with Crippen LogP contribution in [0.25, 0.3) is 0 Å². The van der Waals surface area contributed by atoms with Crippen molar-refractivity contribution in [1.29, 1.82) is 0 Å². The third-order valence-electron chi connectivity index (χ3n) is 15.7. The van der Waals surface area contributed by atoms with Gasteiger partial charge < -0.3 is 29.7 Å². The predicted octanol–water partition coefficient (Wildman–Crippen LogP) is 11.8. The third-order valence-corrected chi connectivity index (χ3v) is 15.7. The summed E-state index contributed by atoms with van der Waals surface area (Å²) in [5.74, 6) is 5.03. The van der Waals surface area contributed by atoms with Crippen molar-refractivity contribution in [2.45, 2.75) is 223 Å². The maximum absolute atomic E-state index is 13.7. The Morgan fingerprint density at radius 3 is 1.90 bits per heavy atom. The monoisotopic (exact) mass is 856 g/mol. The molecule has 0 bridgehead atoms. The summed E-state index contributed by atoms with van der Waals surface area (Å²) >= 11 is 0. The Hall–Kier alpha value is -2.78. The van der Waals surface area contributed by atoms with Gasteiger partial charge in [-0.1, -0.05) is 66.0 Å². The molecule has 10 nitrogen and oxygen atoms in total. The number of hydrogen-bond acceptors (Lipinski definition) is 7. The minimum Gasteiger partial charge on any atom is -0.462 e. The molecule has 3 amide bonds. The Kier molecular flexibility index (Phi) is 17.7. The van der Waals surface area contributed by atoms with Crippen molar-refractivity contribution in [3.63, 3.8) is 0 Å². The van der Waals surface area contributed by atoms with Gasteiger partial charge in [-0.25, -0.2) is 9.59 Å². The number of carbonyl (C=O) groups excluding carboxylic acids is 4. The number of amides is 3. The fraction of sp³-hybridized carbons (Fsp3) is 0.882. The van der Waals surface area contributed by atoms with E-state index in [1.807, 2.05) is 55.4 Å². The van der Waals surface area contributed by atoms with E-state index in [2.05, 4.69) is 58.3 Å². The van der Waals surface area contributed by atoms with E-state index in [0.717, 1.165) is 61.2 Å². The summed E-state index contributed by atoms with van der Waals surface area (Å²) in [4.78, 5) is 53.5. The van der Waals surface area contributed by atoms with Gasteiger partial charge in [0.15, 0.2) is 0 Å². The molecule has 0 aromatic heterocycles. The summed E-state index contributed by atoms with van der Waals surface area (Å²) in [5, 5.41) is 5.71. The van der Waals surface area contributed by atoms with E-state index in [9.17, 15) is 19.2 Å². The second-order valence-electron chi connectivity index (χ2n) is 22.9. The summed E-state index contributed by atoms with van der Waals surface area (Å²) in [6.07, 6.45) is 15.8. The zero-order valence-electron chi connectivity index (χ0n) is 41.2. The van der Waals surface area contributed by atoms with Gasteiger partial charge in [-0.3, -0.25) is 9.59 Å². The van der Waals surface area contributed by atoms with Crippen molar-refractivity contribution in [1.82, 2.24) is 15.5 Å². The minimum atomic E-state index is -0.618. The van der Waals surface area contributed by atoms with Crippen LogP contribution >= 0.6 is 0 Å². The van der Waals surface area contributed by atoms with Gasteiger partial charge in [-0.15, -0.1) is 0 Å². The molecule has 11 atom stereocenters. The molecule has 0 spiro atoms. The van der Waals surface area contributed by atoms with Crippen molar-refractivity contribution in [2.75, 3.05) is 13.1 Å². The first-order chi connectivity index (χ1) is 28.3. The summed E-state index contributed by atoms with van der Waals surface area (Å²) in [7, 11) is 0. The number of esters is 1. The zero-order valence-corrected chi connectivity index (χ0v) is 41.2. The third kappa shape index (κ3) is 14.1. The van der Waals surface area contributed by atoms with Gasteiger partial charge in [-0.05, 0) is 172 Å². The number of carbonyl (C=O) groups is 4. The molecule has 10 heteroatoms. The van der Waals surface area contributed by atoms with Crippen LogP contribution in [0.1, 0.15) is 193 Å². The van der Waals surface area contributed by atoms with Crippen molar-refractivity contribution in [3.8, 4) is 0 Å². The number of ether oxygens (including phenoxy) is 3. The lowest BCUT2D eigenvalue weighted by atomic mass is 9.47. The molecule has 0 radical (unpaired) electrons. The van der Waals surface area contributed by atoms with E-state index < -0.39 is 23.4 Å². The Morgan fingerprint density at radius 2 is 1.36 bits per heavy atom. The number of nitrogens with one attached hydrogen (secondary N) is 2. The molecule has 0 heterocycles. The molecule has 4 rings (SSSR count). The van der Waals surface area contributed by atoms with Crippen molar-refractivity contribution in [2.24, 2.45) is 52.3 Å². The normalized spacial score (nSPS) is 29.4. The van der Waals surface area contributed by atoms with Gasteiger partial charge in [-0.2, -0.15) is 0 Å². The molecule has 0 aromatic carbocycles. The quantitative estimate of drug-likeness (QED) is 0.0799. The lowest BCUT2D eigenvalue weighted by Crippen LogP contribution is -2.51. The van der Waals surface area contributed by atoms with Crippen LogP contribution in [-0.2, 0) is 23.8 Å². The first kappa shape index (κ1) is 50.9. The van der Waals surface area contributed by atoms with Crippen LogP contribution in [0, 0.1) is 52.3 Å². The lowest BCUT2D eigenvalue weighted by Gasteiger charge is -2.58.